The number of allylic oxidation sites excluding steroid dienone is 2. The molecule has 78 valence electrons. The maximum absolute atomic E-state index is 5.90. The Morgan fingerprint density at radius 2 is 2.00 bits per heavy atom. The van der Waals surface area contributed by atoms with Crippen molar-refractivity contribution < 1.29 is 4.74 Å². The minimum absolute atomic E-state index is 0.500. The summed E-state index contributed by atoms with van der Waals surface area (Å²) in [4.78, 5) is 8.81. The van der Waals surface area contributed by atoms with Gasteiger partial charge < -0.3 is 4.74 Å². The predicted molar refractivity (Wildman–Crippen MR) is 63.4 cm³/mol. The molecule has 2 heterocycles. The van der Waals surface area contributed by atoms with Crippen LogP contribution in [0.2, 0.25) is 5.02 Å². The second-order valence-electron chi connectivity index (χ2n) is 3.35. The first kappa shape index (κ1) is 9.36. The zero-order valence-corrected chi connectivity index (χ0v) is 8.98. The first-order valence-electron chi connectivity index (χ1n) is 4.80. The summed E-state index contributed by atoms with van der Waals surface area (Å²) >= 11 is 5.90. The summed E-state index contributed by atoms with van der Waals surface area (Å²) < 4.78 is 5.34. The first-order valence-corrected chi connectivity index (χ1v) is 5.18. The highest BCUT2D eigenvalue weighted by Crippen LogP contribution is 2.23. The molecule has 1 aliphatic rings. The molecule has 16 heavy (non-hydrogen) atoms. The molecule has 0 aliphatic carbocycles. The lowest BCUT2D eigenvalue weighted by Gasteiger charge is -2.04. The summed E-state index contributed by atoms with van der Waals surface area (Å²) in [5.74, 6) is 0.500. The third kappa shape index (κ3) is 1.55. The number of hydrogen-bond acceptors (Lipinski definition) is 3. The van der Waals surface area contributed by atoms with E-state index in [-0.39, 0.29) is 0 Å². The summed E-state index contributed by atoms with van der Waals surface area (Å²) in [7, 11) is 0. The molecule has 0 N–H and O–H groups in total. The number of rotatable bonds is 0. The van der Waals surface area contributed by atoms with Gasteiger partial charge in [0.15, 0.2) is 0 Å². The van der Waals surface area contributed by atoms with Crippen molar-refractivity contribution in [1.29, 1.82) is 0 Å². The number of benzene rings is 1. The van der Waals surface area contributed by atoms with Gasteiger partial charge in [-0.25, -0.2) is 9.97 Å². The van der Waals surface area contributed by atoms with Crippen LogP contribution in [-0.4, -0.2) is 9.97 Å². The van der Waals surface area contributed by atoms with Crippen LogP contribution in [0.25, 0.3) is 17.1 Å². The molecule has 0 atom stereocenters. The summed E-state index contributed by atoms with van der Waals surface area (Å²) in [5, 5.41) is 0.640. The van der Waals surface area contributed by atoms with E-state index in [1.807, 2.05) is 18.2 Å². The number of nitrogens with zero attached hydrogens (tertiary/aromatic N) is 2. The highest BCUT2D eigenvalue weighted by Gasteiger charge is 2.08. The largest absolute Gasteiger partial charge is 0.445 e. The Balaban J connectivity index is 2.29. The van der Waals surface area contributed by atoms with Gasteiger partial charge in [-0.15, -0.1) is 0 Å². The van der Waals surface area contributed by atoms with E-state index in [2.05, 4.69) is 9.97 Å². The van der Waals surface area contributed by atoms with E-state index >= 15 is 0 Å². The standard InChI is InChI=1S/C12H7ClN2O/c13-8-4-5-9-11(7-8)15-12-10(14-9)3-1-2-6-16-12/h1-7H. The van der Waals surface area contributed by atoms with Crippen molar-refractivity contribution in [2.24, 2.45) is 0 Å². The lowest BCUT2D eigenvalue weighted by Crippen LogP contribution is -1.94. The van der Waals surface area contributed by atoms with Crippen LogP contribution in [0, 0.1) is 0 Å². The molecule has 0 bridgehead atoms. The molecule has 0 radical (unpaired) electrons. The van der Waals surface area contributed by atoms with E-state index in [1.165, 1.54) is 0 Å². The molecule has 2 aromatic rings. The molecule has 1 aliphatic heterocycles. The SMILES string of the molecule is Clc1ccc2nc3c(nc2c1)OC=CC=C3. The third-order valence-electron chi connectivity index (χ3n) is 2.24. The number of ether oxygens (including phenoxy) is 1. The molecule has 3 nitrogen and oxygen atoms in total. The Bertz CT molecular complexity index is 620. The van der Waals surface area contributed by atoms with Crippen LogP contribution in [0.5, 0.6) is 5.88 Å². The van der Waals surface area contributed by atoms with Gasteiger partial charge in [-0.3, -0.25) is 0 Å². The predicted octanol–water partition coefficient (Wildman–Crippen LogP) is 3.20. The van der Waals surface area contributed by atoms with Crippen molar-refractivity contribution in [3.05, 3.63) is 47.3 Å². The summed E-state index contributed by atoms with van der Waals surface area (Å²) in [6.07, 6.45) is 7.09. The Labute approximate surface area is 97.0 Å². The maximum atomic E-state index is 5.90. The molecule has 1 aromatic carbocycles. The Morgan fingerprint density at radius 3 is 2.94 bits per heavy atom. The average Bonchev–Trinajstić information content (AvgIpc) is 2.50. The van der Waals surface area contributed by atoms with Crippen molar-refractivity contribution in [2.45, 2.75) is 0 Å². The molecule has 3 rings (SSSR count). The molecule has 0 unspecified atom stereocenters. The van der Waals surface area contributed by atoms with Gasteiger partial charge in [-0.2, -0.15) is 0 Å². The van der Waals surface area contributed by atoms with Crippen molar-refractivity contribution in [3.63, 3.8) is 0 Å². The van der Waals surface area contributed by atoms with Crippen molar-refractivity contribution in [2.75, 3.05) is 0 Å². The Hall–Kier alpha value is -1.87. The van der Waals surface area contributed by atoms with Crippen LogP contribution in [0.15, 0.2) is 36.6 Å². The van der Waals surface area contributed by atoms with Gasteiger partial charge in [0.25, 0.3) is 0 Å². The third-order valence-corrected chi connectivity index (χ3v) is 2.48. The molecular weight excluding hydrogens is 224 g/mol. The fraction of sp³-hybridized carbons (Fsp3) is 0. The second kappa shape index (κ2) is 3.61. The van der Waals surface area contributed by atoms with Crippen LogP contribution in [0.3, 0.4) is 0 Å². The van der Waals surface area contributed by atoms with Crippen LogP contribution in [0.1, 0.15) is 5.69 Å². The number of halogens is 1. The fourth-order valence-corrected chi connectivity index (χ4v) is 1.68. The van der Waals surface area contributed by atoms with Gasteiger partial charge in [-0.1, -0.05) is 17.7 Å². The van der Waals surface area contributed by atoms with E-state index in [1.54, 1.807) is 24.5 Å². The van der Waals surface area contributed by atoms with E-state index < -0.39 is 0 Å². The Kier molecular flexibility index (Phi) is 2.11. The molecular formula is C12H7ClN2O. The van der Waals surface area contributed by atoms with Crippen molar-refractivity contribution >= 4 is 28.7 Å². The van der Waals surface area contributed by atoms with Gasteiger partial charge in [0.2, 0.25) is 5.88 Å². The molecule has 0 saturated carbocycles. The van der Waals surface area contributed by atoms with E-state index in [4.69, 9.17) is 16.3 Å². The van der Waals surface area contributed by atoms with Crippen LogP contribution in [0.4, 0.5) is 0 Å². The molecule has 4 heteroatoms. The minimum Gasteiger partial charge on any atom is -0.445 e. The van der Waals surface area contributed by atoms with Crippen molar-refractivity contribution in [1.82, 2.24) is 9.97 Å². The maximum Gasteiger partial charge on any atom is 0.245 e. The van der Waals surface area contributed by atoms with Crippen LogP contribution >= 0.6 is 11.6 Å². The molecule has 0 amide bonds. The van der Waals surface area contributed by atoms with Gasteiger partial charge >= 0.3 is 0 Å². The quantitative estimate of drug-likeness (QED) is 0.697. The van der Waals surface area contributed by atoms with E-state index in [9.17, 15) is 0 Å². The van der Waals surface area contributed by atoms with E-state index in [0.717, 1.165) is 16.7 Å². The first-order chi connectivity index (χ1) is 7.83. The topological polar surface area (TPSA) is 35.0 Å². The highest BCUT2D eigenvalue weighted by molar-refractivity contribution is 6.31. The molecule has 0 spiro atoms. The molecule has 0 fully saturated rings. The lowest BCUT2D eigenvalue weighted by molar-refractivity contribution is 0.461. The zero-order valence-electron chi connectivity index (χ0n) is 8.22. The Morgan fingerprint density at radius 1 is 1.06 bits per heavy atom. The summed E-state index contributed by atoms with van der Waals surface area (Å²) in [5.41, 5.74) is 2.26. The molecule has 1 aromatic heterocycles. The summed E-state index contributed by atoms with van der Waals surface area (Å²) in [6.45, 7) is 0. The number of aromatic nitrogens is 2. The fourth-order valence-electron chi connectivity index (χ4n) is 1.52. The lowest BCUT2D eigenvalue weighted by atomic mass is 10.3. The monoisotopic (exact) mass is 230 g/mol. The minimum atomic E-state index is 0.500. The number of fused-ring (bicyclic) bond motifs is 2. The van der Waals surface area contributed by atoms with Crippen LogP contribution < -0.4 is 4.74 Å². The van der Waals surface area contributed by atoms with Gasteiger partial charge in [0, 0.05) is 5.02 Å². The normalized spacial score (nSPS) is 13.3. The van der Waals surface area contributed by atoms with E-state index in [0.29, 0.717) is 10.9 Å². The number of hydrogen-bond donors (Lipinski definition) is 0. The van der Waals surface area contributed by atoms with Gasteiger partial charge in [0.05, 0.1) is 17.3 Å². The smallest absolute Gasteiger partial charge is 0.245 e. The van der Waals surface area contributed by atoms with Crippen LogP contribution in [-0.2, 0) is 0 Å². The van der Waals surface area contributed by atoms with Crippen molar-refractivity contribution in [3.8, 4) is 5.88 Å². The average molecular weight is 231 g/mol. The van der Waals surface area contributed by atoms with Gasteiger partial charge in [-0.05, 0) is 30.4 Å². The summed E-state index contributed by atoms with van der Waals surface area (Å²) in [6, 6.07) is 5.41. The van der Waals surface area contributed by atoms with Gasteiger partial charge in [0.1, 0.15) is 5.69 Å². The second-order valence-corrected chi connectivity index (χ2v) is 3.79. The zero-order chi connectivity index (χ0) is 11.0. The molecule has 0 saturated heterocycles. The highest BCUT2D eigenvalue weighted by atomic mass is 35.5.